The summed E-state index contributed by atoms with van der Waals surface area (Å²) < 4.78 is 0. The fraction of sp³-hybridized carbons (Fsp3) is 0.300. The van der Waals surface area contributed by atoms with Crippen LogP contribution in [0.5, 0.6) is 0 Å². The Balaban J connectivity index is 2.72. The minimum absolute atomic E-state index is 0.479. The Hall–Kier alpha value is -1.04. The molecule has 1 aromatic heterocycles. The van der Waals surface area contributed by atoms with Crippen LogP contribution in [-0.4, -0.2) is 10.1 Å². The average Bonchev–Trinajstić information content (AvgIpc) is 2.15. The van der Waals surface area contributed by atoms with Gasteiger partial charge in [0.15, 0.2) is 0 Å². The predicted molar refractivity (Wildman–Crippen MR) is 52.3 cm³/mol. The summed E-state index contributed by atoms with van der Waals surface area (Å²) in [6.07, 6.45) is 8.67. The van der Waals surface area contributed by atoms with E-state index in [1.54, 1.807) is 12.3 Å². The van der Waals surface area contributed by atoms with Crippen LogP contribution in [0.25, 0.3) is 0 Å². The first-order valence-electron chi connectivity index (χ1n) is 3.96. The van der Waals surface area contributed by atoms with Crippen molar-refractivity contribution in [3.05, 3.63) is 29.0 Å². The van der Waals surface area contributed by atoms with Gasteiger partial charge in [0.2, 0.25) is 0 Å². The summed E-state index contributed by atoms with van der Waals surface area (Å²) in [6, 6.07) is 1.70. The monoisotopic (exact) mass is 195 g/mol. The molecule has 0 saturated heterocycles. The summed E-state index contributed by atoms with van der Waals surface area (Å²) in [4.78, 5) is 3.82. The molecule has 0 bridgehead atoms. The topological polar surface area (TPSA) is 33.1 Å². The van der Waals surface area contributed by atoms with Crippen LogP contribution in [0.2, 0.25) is 5.02 Å². The molecule has 13 heavy (non-hydrogen) atoms. The lowest BCUT2D eigenvalue weighted by molar-refractivity contribution is 0.169. The summed E-state index contributed by atoms with van der Waals surface area (Å²) in [5, 5.41) is 10.1. The maximum absolute atomic E-state index is 9.62. The van der Waals surface area contributed by atoms with Crippen molar-refractivity contribution < 1.29 is 5.11 Å². The van der Waals surface area contributed by atoms with E-state index in [1.807, 2.05) is 0 Å². The van der Waals surface area contributed by atoms with Gasteiger partial charge in [-0.2, -0.15) is 0 Å². The van der Waals surface area contributed by atoms with Crippen LogP contribution < -0.4 is 0 Å². The minimum atomic E-state index is -0.591. The normalized spacial score (nSPS) is 12.1. The molecule has 0 amide bonds. The van der Waals surface area contributed by atoms with E-state index in [0.29, 0.717) is 23.4 Å². The first-order valence-corrected chi connectivity index (χ1v) is 4.34. The van der Waals surface area contributed by atoms with E-state index in [2.05, 4.69) is 10.9 Å². The van der Waals surface area contributed by atoms with Gasteiger partial charge in [0, 0.05) is 24.4 Å². The zero-order valence-electron chi connectivity index (χ0n) is 7.07. The summed E-state index contributed by atoms with van der Waals surface area (Å²) >= 11 is 5.82. The first kappa shape index (κ1) is 10.0. The van der Waals surface area contributed by atoms with E-state index in [9.17, 15) is 5.11 Å². The second-order valence-electron chi connectivity index (χ2n) is 2.66. The summed E-state index contributed by atoms with van der Waals surface area (Å²) in [5.41, 5.74) is 0.687. The van der Waals surface area contributed by atoms with Crippen molar-refractivity contribution in [2.45, 2.75) is 18.9 Å². The van der Waals surface area contributed by atoms with Gasteiger partial charge in [0.25, 0.3) is 0 Å². The molecule has 0 fully saturated rings. The summed E-state index contributed by atoms with van der Waals surface area (Å²) in [7, 11) is 0. The van der Waals surface area contributed by atoms with Gasteiger partial charge in [-0.1, -0.05) is 11.6 Å². The Morgan fingerprint density at radius 3 is 3.08 bits per heavy atom. The molecule has 1 atom stereocenters. The van der Waals surface area contributed by atoms with Gasteiger partial charge in [-0.3, -0.25) is 4.98 Å². The molecule has 2 nitrogen and oxygen atoms in total. The molecule has 3 heteroatoms. The molecule has 1 aromatic rings. The minimum Gasteiger partial charge on any atom is -0.388 e. The molecule has 0 aliphatic carbocycles. The lowest BCUT2D eigenvalue weighted by Gasteiger charge is -2.09. The van der Waals surface area contributed by atoms with E-state index in [0.717, 1.165) is 0 Å². The standard InChI is InChI=1S/C10H10ClNO/c1-2-3-4-10(13)8-5-6-12-7-9(8)11/h1,5-7,10,13H,3-4H2. The highest BCUT2D eigenvalue weighted by molar-refractivity contribution is 6.31. The van der Waals surface area contributed by atoms with Crippen molar-refractivity contribution in [1.29, 1.82) is 0 Å². The highest BCUT2D eigenvalue weighted by Crippen LogP contribution is 2.24. The average molecular weight is 196 g/mol. The third kappa shape index (κ3) is 2.73. The fourth-order valence-corrected chi connectivity index (χ4v) is 1.28. The Morgan fingerprint density at radius 2 is 2.46 bits per heavy atom. The number of rotatable bonds is 3. The van der Waals surface area contributed by atoms with Gasteiger partial charge < -0.3 is 5.11 Å². The molecule has 1 unspecified atom stereocenters. The van der Waals surface area contributed by atoms with Gasteiger partial charge >= 0.3 is 0 Å². The molecule has 1 rings (SSSR count). The predicted octanol–water partition coefficient (Wildman–Crippen LogP) is 2.18. The number of aliphatic hydroxyl groups excluding tert-OH is 1. The number of hydrogen-bond donors (Lipinski definition) is 1. The number of aromatic nitrogens is 1. The van der Waals surface area contributed by atoms with Crippen LogP contribution in [0, 0.1) is 12.3 Å². The van der Waals surface area contributed by atoms with Crippen LogP contribution in [-0.2, 0) is 0 Å². The van der Waals surface area contributed by atoms with Gasteiger partial charge in [0.05, 0.1) is 11.1 Å². The second kappa shape index (κ2) is 4.86. The van der Waals surface area contributed by atoms with Crippen molar-refractivity contribution in [3.8, 4) is 12.3 Å². The number of nitrogens with zero attached hydrogens (tertiary/aromatic N) is 1. The molecule has 0 radical (unpaired) electrons. The second-order valence-corrected chi connectivity index (χ2v) is 3.06. The third-order valence-corrected chi connectivity index (χ3v) is 2.04. The maximum atomic E-state index is 9.62. The number of pyridine rings is 1. The van der Waals surface area contributed by atoms with E-state index in [-0.39, 0.29) is 0 Å². The van der Waals surface area contributed by atoms with Crippen LogP contribution in [0.1, 0.15) is 24.5 Å². The molecule has 0 spiro atoms. The molecule has 1 heterocycles. The first-order chi connectivity index (χ1) is 6.25. The quantitative estimate of drug-likeness (QED) is 0.750. The van der Waals surface area contributed by atoms with Gasteiger partial charge in [-0.15, -0.1) is 12.3 Å². The Kier molecular flexibility index (Phi) is 3.75. The highest BCUT2D eigenvalue weighted by atomic mass is 35.5. The largest absolute Gasteiger partial charge is 0.388 e. The van der Waals surface area contributed by atoms with Crippen LogP contribution in [0.15, 0.2) is 18.5 Å². The van der Waals surface area contributed by atoms with Crippen molar-refractivity contribution in [3.63, 3.8) is 0 Å². The SMILES string of the molecule is C#CCCC(O)c1ccncc1Cl. The number of hydrogen-bond acceptors (Lipinski definition) is 2. The van der Waals surface area contributed by atoms with Crippen molar-refractivity contribution in [1.82, 2.24) is 4.98 Å². The Labute approximate surface area is 82.6 Å². The van der Waals surface area contributed by atoms with Crippen molar-refractivity contribution >= 4 is 11.6 Å². The van der Waals surface area contributed by atoms with Gasteiger partial charge in [-0.05, 0) is 12.5 Å². The molecule has 0 saturated carbocycles. The van der Waals surface area contributed by atoms with Gasteiger partial charge in [-0.25, -0.2) is 0 Å². The van der Waals surface area contributed by atoms with Crippen molar-refractivity contribution in [2.24, 2.45) is 0 Å². The molecular weight excluding hydrogens is 186 g/mol. The van der Waals surface area contributed by atoms with Crippen LogP contribution in [0.4, 0.5) is 0 Å². The lowest BCUT2D eigenvalue weighted by atomic mass is 10.1. The van der Waals surface area contributed by atoms with E-state index in [4.69, 9.17) is 18.0 Å². The molecule has 1 N–H and O–H groups in total. The molecular formula is C10H10ClNO. The van der Waals surface area contributed by atoms with Crippen molar-refractivity contribution in [2.75, 3.05) is 0 Å². The van der Waals surface area contributed by atoms with E-state index in [1.165, 1.54) is 6.20 Å². The van der Waals surface area contributed by atoms with E-state index >= 15 is 0 Å². The smallest absolute Gasteiger partial charge is 0.0814 e. The third-order valence-electron chi connectivity index (χ3n) is 1.72. The van der Waals surface area contributed by atoms with Crippen LogP contribution >= 0.6 is 11.6 Å². The lowest BCUT2D eigenvalue weighted by Crippen LogP contribution is -1.97. The van der Waals surface area contributed by atoms with Crippen LogP contribution in [0.3, 0.4) is 0 Å². The van der Waals surface area contributed by atoms with E-state index < -0.39 is 6.10 Å². The Morgan fingerprint density at radius 1 is 1.69 bits per heavy atom. The highest BCUT2D eigenvalue weighted by Gasteiger charge is 2.09. The summed E-state index contributed by atoms with van der Waals surface area (Å²) in [6.45, 7) is 0. The maximum Gasteiger partial charge on any atom is 0.0814 e. The number of aliphatic hydroxyl groups is 1. The zero-order valence-corrected chi connectivity index (χ0v) is 7.83. The molecule has 0 aliphatic heterocycles. The summed E-state index contributed by atoms with van der Waals surface area (Å²) in [5.74, 6) is 2.47. The fourth-order valence-electron chi connectivity index (χ4n) is 1.03. The molecule has 0 aromatic carbocycles. The van der Waals surface area contributed by atoms with Gasteiger partial charge in [0.1, 0.15) is 0 Å². The molecule has 0 aliphatic rings. The molecule has 68 valence electrons. The number of terminal acetylenes is 1. The Bertz CT molecular complexity index is 319. The zero-order chi connectivity index (χ0) is 9.68. The number of halogens is 1.